The first-order valence-electron chi connectivity index (χ1n) is 5.49. The van der Waals surface area contributed by atoms with Crippen molar-refractivity contribution >= 4 is 41.1 Å². The van der Waals surface area contributed by atoms with Gasteiger partial charge in [0.2, 0.25) is 0 Å². The average Bonchev–Trinajstić information content (AvgIpc) is 2.34. The predicted molar refractivity (Wildman–Crippen MR) is 78.4 cm³/mol. The number of carboxylic acid groups (broad SMARTS) is 1. The summed E-state index contributed by atoms with van der Waals surface area (Å²) in [4.78, 5) is 24.2. The summed E-state index contributed by atoms with van der Waals surface area (Å²) < 4.78 is 0. The molecule has 1 aromatic rings. The highest BCUT2D eigenvalue weighted by Crippen LogP contribution is 2.19. The fourth-order valence-corrected chi connectivity index (χ4v) is 2.03. The normalized spacial score (nSPS) is 10.1. The maximum Gasteiger partial charge on any atom is 0.335 e. The van der Waals surface area contributed by atoms with Crippen LogP contribution in [0.2, 0.25) is 5.02 Å². The van der Waals surface area contributed by atoms with E-state index in [0.717, 1.165) is 5.75 Å². The molecule has 0 unspecified atom stereocenters. The third-order valence-corrected chi connectivity index (χ3v) is 3.18. The molecular weight excluding hydrogens is 288 g/mol. The van der Waals surface area contributed by atoms with E-state index in [2.05, 4.69) is 5.32 Å². The molecule has 0 aliphatic carbocycles. The molecule has 0 aliphatic heterocycles. The van der Waals surface area contributed by atoms with Gasteiger partial charge in [0.25, 0.3) is 0 Å². The molecule has 2 amide bonds. The van der Waals surface area contributed by atoms with Crippen LogP contribution in [0.25, 0.3) is 0 Å². The summed E-state index contributed by atoms with van der Waals surface area (Å²) in [7, 11) is 1.67. The van der Waals surface area contributed by atoms with Crippen LogP contribution in [0.1, 0.15) is 10.4 Å². The van der Waals surface area contributed by atoms with E-state index in [4.69, 9.17) is 16.7 Å². The number of benzene rings is 1. The SMILES string of the molecule is CSCCN(C)C(=O)Nc1cc(Cl)cc(C(=O)O)c1. The number of hydrogen-bond donors (Lipinski definition) is 2. The first-order chi connectivity index (χ1) is 8.93. The lowest BCUT2D eigenvalue weighted by molar-refractivity contribution is 0.0697. The number of halogens is 1. The summed E-state index contributed by atoms with van der Waals surface area (Å²) in [6.45, 7) is 0.610. The number of urea groups is 1. The third kappa shape index (κ3) is 5.00. The van der Waals surface area contributed by atoms with Gasteiger partial charge < -0.3 is 15.3 Å². The fraction of sp³-hybridized carbons (Fsp3) is 0.333. The lowest BCUT2D eigenvalue weighted by Gasteiger charge is -2.17. The number of nitrogens with zero attached hydrogens (tertiary/aromatic N) is 1. The van der Waals surface area contributed by atoms with E-state index in [9.17, 15) is 9.59 Å². The lowest BCUT2D eigenvalue weighted by atomic mass is 10.2. The van der Waals surface area contributed by atoms with Crippen LogP contribution in [0.5, 0.6) is 0 Å². The molecule has 0 heterocycles. The van der Waals surface area contributed by atoms with Crippen molar-refractivity contribution in [1.29, 1.82) is 0 Å². The Labute approximate surface area is 120 Å². The number of rotatable bonds is 5. The van der Waals surface area contributed by atoms with Gasteiger partial charge in [-0.3, -0.25) is 0 Å². The minimum absolute atomic E-state index is 0.0366. The second-order valence-electron chi connectivity index (χ2n) is 3.88. The Hall–Kier alpha value is -1.40. The van der Waals surface area contributed by atoms with E-state index in [1.165, 1.54) is 23.1 Å². The van der Waals surface area contributed by atoms with Crippen LogP contribution in [-0.2, 0) is 0 Å². The van der Waals surface area contributed by atoms with Gasteiger partial charge in [-0.2, -0.15) is 11.8 Å². The summed E-state index contributed by atoms with van der Waals surface area (Å²) in [5.41, 5.74) is 0.403. The third-order valence-electron chi connectivity index (χ3n) is 2.37. The lowest BCUT2D eigenvalue weighted by Crippen LogP contribution is -2.33. The maximum atomic E-state index is 11.8. The van der Waals surface area contributed by atoms with Crippen LogP contribution < -0.4 is 5.32 Å². The second-order valence-corrected chi connectivity index (χ2v) is 5.30. The van der Waals surface area contributed by atoms with E-state index in [0.29, 0.717) is 12.2 Å². The summed E-state index contributed by atoms with van der Waals surface area (Å²) in [5.74, 6) is -0.256. The van der Waals surface area contributed by atoms with E-state index in [-0.39, 0.29) is 16.6 Å². The molecule has 2 N–H and O–H groups in total. The van der Waals surface area contributed by atoms with Gasteiger partial charge >= 0.3 is 12.0 Å². The van der Waals surface area contributed by atoms with Gasteiger partial charge in [0.15, 0.2) is 0 Å². The number of thioether (sulfide) groups is 1. The van der Waals surface area contributed by atoms with Crippen molar-refractivity contribution in [3.63, 3.8) is 0 Å². The molecule has 1 rings (SSSR count). The summed E-state index contributed by atoms with van der Waals surface area (Å²) in [5, 5.41) is 11.8. The molecule has 19 heavy (non-hydrogen) atoms. The van der Waals surface area contributed by atoms with Crippen molar-refractivity contribution in [2.45, 2.75) is 0 Å². The topological polar surface area (TPSA) is 69.6 Å². The minimum Gasteiger partial charge on any atom is -0.478 e. The van der Waals surface area contributed by atoms with Crippen molar-refractivity contribution in [1.82, 2.24) is 4.90 Å². The van der Waals surface area contributed by atoms with Crippen molar-refractivity contribution in [2.75, 3.05) is 30.9 Å². The number of carboxylic acids is 1. The number of aromatic carboxylic acids is 1. The Bertz CT molecular complexity index is 482. The maximum absolute atomic E-state index is 11.8. The Morgan fingerprint density at radius 3 is 2.68 bits per heavy atom. The quantitative estimate of drug-likeness (QED) is 0.877. The first-order valence-corrected chi connectivity index (χ1v) is 7.26. The van der Waals surface area contributed by atoms with E-state index in [1.54, 1.807) is 18.8 Å². The number of hydrogen-bond acceptors (Lipinski definition) is 3. The highest BCUT2D eigenvalue weighted by Gasteiger charge is 2.11. The molecule has 0 fully saturated rings. The van der Waals surface area contributed by atoms with Gasteiger partial charge in [-0.25, -0.2) is 9.59 Å². The molecule has 1 aromatic carbocycles. The van der Waals surface area contributed by atoms with Gasteiger partial charge in [0, 0.05) is 30.1 Å². The average molecular weight is 303 g/mol. The van der Waals surface area contributed by atoms with Crippen LogP contribution in [0, 0.1) is 0 Å². The Morgan fingerprint density at radius 2 is 2.11 bits per heavy atom. The van der Waals surface area contributed by atoms with Crippen molar-refractivity contribution in [3.05, 3.63) is 28.8 Å². The van der Waals surface area contributed by atoms with Crippen molar-refractivity contribution in [3.8, 4) is 0 Å². The number of nitrogens with one attached hydrogen (secondary N) is 1. The molecule has 5 nitrogen and oxygen atoms in total. The van der Waals surface area contributed by atoms with Crippen LogP contribution in [-0.4, -0.2) is 47.6 Å². The van der Waals surface area contributed by atoms with Gasteiger partial charge in [0.1, 0.15) is 0 Å². The first kappa shape index (κ1) is 15.7. The summed E-state index contributed by atoms with van der Waals surface area (Å²) in [6.07, 6.45) is 1.96. The standard InChI is InChI=1S/C12H15ClN2O3S/c1-15(3-4-19-2)12(18)14-10-6-8(11(16)17)5-9(13)7-10/h5-7H,3-4H2,1-2H3,(H,14,18)(H,16,17). The molecule has 0 atom stereocenters. The Balaban J connectivity index is 2.76. The van der Waals surface area contributed by atoms with Crippen LogP contribution in [0.15, 0.2) is 18.2 Å². The Kier molecular flexibility index (Phi) is 5.98. The van der Waals surface area contributed by atoms with E-state index >= 15 is 0 Å². The molecule has 7 heteroatoms. The van der Waals surface area contributed by atoms with Crippen LogP contribution >= 0.6 is 23.4 Å². The molecule has 104 valence electrons. The predicted octanol–water partition coefficient (Wildman–Crippen LogP) is 2.86. The summed E-state index contributed by atoms with van der Waals surface area (Å²) in [6, 6.07) is 3.91. The molecule has 0 spiro atoms. The largest absolute Gasteiger partial charge is 0.478 e. The van der Waals surface area contributed by atoms with Gasteiger partial charge in [0.05, 0.1) is 5.56 Å². The highest BCUT2D eigenvalue weighted by molar-refractivity contribution is 7.98. The van der Waals surface area contributed by atoms with Gasteiger partial charge in [-0.15, -0.1) is 0 Å². The molecular formula is C12H15ClN2O3S. The zero-order valence-corrected chi connectivity index (χ0v) is 12.2. The molecule has 0 radical (unpaired) electrons. The number of anilines is 1. The smallest absolute Gasteiger partial charge is 0.335 e. The van der Waals surface area contributed by atoms with E-state index in [1.807, 2.05) is 6.26 Å². The molecule has 0 saturated carbocycles. The molecule has 0 saturated heterocycles. The fourth-order valence-electron chi connectivity index (χ4n) is 1.33. The summed E-state index contributed by atoms with van der Waals surface area (Å²) >= 11 is 7.45. The van der Waals surface area contributed by atoms with Gasteiger partial charge in [-0.1, -0.05) is 11.6 Å². The van der Waals surface area contributed by atoms with E-state index < -0.39 is 5.97 Å². The number of carbonyl (C=O) groups is 2. The zero-order valence-electron chi connectivity index (χ0n) is 10.6. The van der Waals surface area contributed by atoms with Gasteiger partial charge in [-0.05, 0) is 24.5 Å². The molecule has 0 bridgehead atoms. The van der Waals surface area contributed by atoms with Crippen molar-refractivity contribution in [2.24, 2.45) is 0 Å². The Morgan fingerprint density at radius 1 is 1.42 bits per heavy atom. The zero-order chi connectivity index (χ0) is 14.4. The monoisotopic (exact) mass is 302 g/mol. The molecule has 0 aromatic heterocycles. The number of amides is 2. The minimum atomic E-state index is -1.09. The highest BCUT2D eigenvalue weighted by atomic mass is 35.5. The number of carbonyl (C=O) groups excluding carboxylic acids is 1. The van der Waals surface area contributed by atoms with Crippen LogP contribution in [0.3, 0.4) is 0 Å². The molecule has 0 aliphatic rings. The van der Waals surface area contributed by atoms with Crippen molar-refractivity contribution < 1.29 is 14.7 Å². The van der Waals surface area contributed by atoms with Crippen LogP contribution in [0.4, 0.5) is 10.5 Å². The second kappa shape index (κ2) is 7.25.